The molecule has 3 aromatic rings. The molecule has 1 fully saturated rings. The molecule has 2 aliphatic heterocycles. The van der Waals surface area contributed by atoms with E-state index in [2.05, 4.69) is 51.5 Å². The predicted octanol–water partition coefficient (Wildman–Crippen LogP) is 3.83. The van der Waals surface area contributed by atoms with E-state index in [0.717, 1.165) is 46.7 Å². The van der Waals surface area contributed by atoms with Crippen molar-refractivity contribution in [2.75, 3.05) is 18.4 Å². The number of benzene rings is 2. The lowest BCUT2D eigenvalue weighted by Gasteiger charge is -2.37. The minimum Gasteiger partial charge on any atom is -0.353 e. The molecule has 2 unspecified atom stereocenters. The Morgan fingerprint density at radius 3 is 2.59 bits per heavy atom. The van der Waals surface area contributed by atoms with Crippen LogP contribution in [-0.4, -0.2) is 52.1 Å². The second-order valence-corrected chi connectivity index (χ2v) is 8.55. The quantitative estimate of drug-likeness (QED) is 0.438. The number of rotatable bonds is 3. The number of nitrogens with one attached hydrogen (secondary N) is 3. The summed E-state index contributed by atoms with van der Waals surface area (Å²) >= 11 is 0. The third-order valence-electron chi connectivity index (χ3n) is 5.86. The van der Waals surface area contributed by atoms with E-state index < -0.39 is 0 Å². The van der Waals surface area contributed by atoms with E-state index in [9.17, 15) is 0 Å². The lowest BCUT2D eigenvalue weighted by molar-refractivity contribution is 0.254. The highest BCUT2D eigenvalue weighted by molar-refractivity contribution is 5.97. The van der Waals surface area contributed by atoms with Crippen molar-refractivity contribution < 1.29 is 0 Å². The maximum absolute atomic E-state index is 8.63. The van der Waals surface area contributed by atoms with Crippen LogP contribution < -0.4 is 10.6 Å². The van der Waals surface area contributed by atoms with Crippen molar-refractivity contribution in [2.24, 2.45) is 4.99 Å². The first-order valence-corrected chi connectivity index (χ1v) is 11.0. The number of piperazine rings is 1. The molecule has 7 heteroatoms. The Labute approximate surface area is 188 Å². The number of aliphatic imine (C=N–C) groups is 1. The van der Waals surface area contributed by atoms with Gasteiger partial charge in [-0.3, -0.25) is 10.4 Å². The van der Waals surface area contributed by atoms with Gasteiger partial charge in [-0.1, -0.05) is 24.3 Å². The van der Waals surface area contributed by atoms with Gasteiger partial charge in [-0.25, -0.2) is 9.97 Å². The molecule has 3 N–H and O–H groups in total. The monoisotopic (exact) mass is 425 g/mol. The smallest absolute Gasteiger partial charge is 0.227 e. The van der Waals surface area contributed by atoms with Gasteiger partial charge < -0.3 is 15.5 Å². The Bertz CT molecular complexity index is 1160. The van der Waals surface area contributed by atoms with Crippen LogP contribution in [0.5, 0.6) is 0 Å². The molecule has 0 aliphatic carbocycles. The van der Waals surface area contributed by atoms with Gasteiger partial charge in [0, 0.05) is 65.5 Å². The molecule has 0 amide bonds. The van der Waals surface area contributed by atoms with Crippen molar-refractivity contribution >= 4 is 23.7 Å². The molecule has 2 atom stereocenters. The van der Waals surface area contributed by atoms with Crippen molar-refractivity contribution in [3.8, 4) is 11.3 Å². The lowest BCUT2D eigenvalue weighted by Crippen LogP contribution is -2.55. The van der Waals surface area contributed by atoms with Crippen molar-refractivity contribution in [2.45, 2.75) is 32.5 Å². The van der Waals surface area contributed by atoms with E-state index >= 15 is 0 Å². The van der Waals surface area contributed by atoms with E-state index in [1.165, 1.54) is 0 Å². The molecule has 1 saturated heterocycles. The molecule has 162 valence electrons. The Hall–Kier alpha value is -3.58. The van der Waals surface area contributed by atoms with Gasteiger partial charge >= 0.3 is 0 Å². The van der Waals surface area contributed by atoms with Gasteiger partial charge in [0.25, 0.3) is 0 Å². The van der Waals surface area contributed by atoms with Crippen LogP contribution in [0.3, 0.4) is 0 Å². The van der Waals surface area contributed by atoms with Crippen molar-refractivity contribution in [1.29, 1.82) is 5.41 Å². The Morgan fingerprint density at radius 1 is 1.06 bits per heavy atom. The number of amidine groups is 1. The maximum Gasteiger partial charge on any atom is 0.227 e. The SMILES string of the molecule is CC1CN(C(=N)c2ccc(Nc3ncc4c(n3)-c3ccccc3C=NC4)cc2)CC(C)N1. The van der Waals surface area contributed by atoms with Gasteiger partial charge in [-0.15, -0.1) is 0 Å². The van der Waals surface area contributed by atoms with Gasteiger partial charge in [-0.05, 0) is 38.1 Å². The largest absolute Gasteiger partial charge is 0.353 e. The molecule has 0 saturated carbocycles. The lowest BCUT2D eigenvalue weighted by atomic mass is 10.0. The highest BCUT2D eigenvalue weighted by Gasteiger charge is 2.23. The van der Waals surface area contributed by atoms with Gasteiger partial charge in [0.05, 0.1) is 12.2 Å². The van der Waals surface area contributed by atoms with E-state index in [-0.39, 0.29) is 0 Å². The second kappa shape index (κ2) is 8.51. The summed E-state index contributed by atoms with van der Waals surface area (Å²) < 4.78 is 0. The maximum atomic E-state index is 8.63. The summed E-state index contributed by atoms with van der Waals surface area (Å²) in [6, 6.07) is 16.8. The molecule has 7 nitrogen and oxygen atoms in total. The molecule has 5 rings (SSSR count). The number of nitrogens with zero attached hydrogens (tertiary/aromatic N) is 4. The Kier molecular flexibility index (Phi) is 5.41. The average molecular weight is 426 g/mol. The molecular formula is C25H27N7. The van der Waals surface area contributed by atoms with Crippen LogP contribution in [-0.2, 0) is 6.54 Å². The fourth-order valence-corrected chi connectivity index (χ4v) is 4.42. The zero-order chi connectivity index (χ0) is 22.1. The molecule has 0 spiro atoms. The van der Waals surface area contributed by atoms with Crippen LogP contribution in [0, 0.1) is 5.41 Å². The summed E-state index contributed by atoms with van der Waals surface area (Å²) in [6.07, 6.45) is 3.75. The summed E-state index contributed by atoms with van der Waals surface area (Å²) in [5.74, 6) is 1.11. The number of hydrogen-bond acceptors (Lipinski definition) is 6. The Balaban J connectivity index is 1.34. The van der Waals surface area contributed by atoms with Crippen LogP contribution in [0.15, 0.2) is 59.7 Å². The molecular weight excluding hydrogens is 398 g/mol. The van der Waals surface area contributed by atoms with E-state index in [4.69, 9.17) is 10.4 Å². The average Bonchev–Trinajstić information content (AvgIpc) is 2.98. The van der Waals surface area contributed by atoms with E-state index in [1.807, 2.05) is 48.8 Å². The molecule has 2 aromatic carbocycles. The number of hydrogen-bond donors (Lipinski definition) is 3. The second-order valence-electron chi connectivity index (χ2n) is 8.55. The van der Waals surface area contributed by atoms with Crippen LogP contribution >= 0.6 is 0 Å². The fraction of sp³-hybridized carbons (Fsp3) is 0.280. The molecule has 1 aromatic heterocycles. The molecule has 32 heavy (non-hydrogen) atoms. The van der Waals surface area contributed by atoms with Gasteiger partial charge in [0.2, 0.25) is 5.95 Å². The summed E-state index contributed by atoms with van der Waals surface area (Å²) in [6.45, 7) is 6.58. The van der Waals surface area contributed by atoms with Crippen LogP contribution in [0.2, 0.25) is 0 Å². The van der Waals surface area contributed by atoms with Crippen molar-refractivity contribution in [3.05, 3.63) is 71.4 Å². The van der Waals surface area contributed by atoms with Gasteiger partial charge in [-0.2, -0.15) is 0 Å². The molecule has 0 bridgehead atoms. The number of fused-ring (bicyclic) bond motifs is 3. The molecule has 3 heterocycles. The van der Waals surface area contributed by atoms with Crippen molar-refractivity contribution in [1.82, 2.24) is 20.2 Å². The minimum atomic E-state index is 0.376. The summed E-state index contributed by atoms with van der Waals surface area (Å²) in [5, 5.41) is 15.5. The topological polar surface area (TPSA) is 89.3 Å². The number of anilines is 2. The van der Waals surface area contributed by atoms with Gasteiger partial charge in [0.1, 0.15) is 5.84 Å². The minimum absolute atomic E-state index is 0.376. The summed E-state index contributed by atoms with van der Waals surface area (Å²) in [4.78, 5) is 15.9. The standard InChI is InChI=1S/C25H27N7/c1-16-14-32(15-17(2)29-16)24(26)18-7-9-21(10-8-18)30-25-28-13-20-12-27-11-19-5-3-4-6-22(19)23(20)31-25/h3-11,13,16-17,26,29H,12,14-15H2,1-2H3,(H,28,30,31). The molecule has 2 aliphatic rings. The van der Waals surface area contributed by atoms with E-state index in [1.54, 1.807) is 0 Å². The zero-order valence-electron chi connectivity index (χ0n) is 18.3. The zero-order valence-corrected chi connectivity index (χ0v) is 18.3. The molecule has 0 radical (unpaired) electrons. The number of aromatic nitrogens is 2. The first-order valence-electron chi connectivity index (χ1n) is 11.0. The Morgan fingerprint density at radius 2 is 1.81 bits per heavy atom. The third kappa shape index (κ3) is 4.11. The first kappa shape index (κ1) is 20.3. The van der Waals surface area contributed by atoms with E-state index in [0.29, 0.717) is 30.4 Å². The third-order valence-corrected chi connectivity index (χ3v) is 5.86. The van der Waals surface area contributed by atoms with Crippen LogP contribution in [0.25, 0.3) is 11.3 Å². The predicted molar refractivity (Wildman–Crippen MR) is 129 cm³/mol. The highest BCUT2D eigenvalue weighted by Crippen LogP contribution is 2.28. The summed E-state index contributed by atoms with van der Waals surface area (Å²) in [5.41, 5.74) is 5.86. The van der Waals surface area contributed by atoms with Crippen molar-refractivity contribution in [3.63, 3.8) is 0 Å². The highest BCUT2D eigenvalue weighted by atomic mass is 15.2. The van der Waals surface area contributed by atoms with Crippen LogP contribution in [0.1, 0.15) is 30.5 Å². The van der Waals surface area contributed by atoms with Crippen LogP contribution in [0.4, 0.5) is 11.6 Å². The van der Waals surface area contributed by atoms with Gasteiger partial charge in [0.15, 0.2) is 0 Å². The normalized spacial score (nSPS) is 19.6. The first-order chi connectivity index (χ1) is 15.6. The summed E-state index contributed by atoms with van der Waals surface area (Å²) in [7, 11) is 0. The fourth-order valence-electron chi connectivity index (χ4n) is 4.42.